The van der Waals surface area contributed by atoms with E-state index >= 15 is 0 Å². The fourth-order valence-electron chi connectivity index (χ4n) is 1.73. The summed E-state index contributed by atoms with van der Waals surface area (Å²) in [5.74, 6) is 1.53. The van der Waals surface area contributed by atoms with Crippen LogP contribution in [0.15, 0.2) is 24.5 Å². The lowest BCUT2D eigenvalue weighted by atomic mass is 10.2. The predicted molar refractivity (Wildman–Crippen MR) is 85.3 cm³/mol. The molecule has 2 aromatic rings. The molecule has 0 unspecified atom stereocenters. The number of benzene rings is 1. The molecule has 20 heavy (non-hydrogen) atoms. The van der Waals surface area contributed by atoms with E-state index in [0.29, 0.717) is 15.9 Å². The Morgan fingerprint density at radius 3 is 2.65 bits per heavy atom. The van der Waals surface area contributed by atoms with Crippen molar-refractivity contribution in [3.05, 3.63) is 40.1 Å². The number of nitrogens with one attached hydrogen (secondary N) is 2. The normalized spacial score (nSPS) is 10.4. The number of hydrogen-bond donors (Lipinski definition) is 2. The molecule has 4 nitrogen and oxygen atoms in total. The van der Waals surface area contributed by atoms with Gasteiger partial charge in [0.2, 0.25) is 0 Å². The second-order valence-electron chi connectivity index (χ2n) is 4.35. The molecule has 0 saturated carbocycles. The summed E-state index contributed by atoms with van der Waals surface area (Å²) in [7, 11) is 0. The van der Waals surface area contributed by atoms with Gasteiger partial charge in [-0.25, -0.2) is 9.97 Å². The topological polar surface area (TPSA) is 49.8 Å². The van der Waals surface area contributed by atoms with Crippen LogP contribution >= 0.6 is 23.2 Å². The Kier molecular flexibility index (Phi) is 5.04. The predicted octanol–water partition coefficient (Wildman–Crippen LogP) is 4.66. The summed E-state index contributed by atoms with van der Waals surface area (Å²) in [6, 6.07) is 5.44. The SMILES string of the molecule is CCCNc1ncnc(Nc2cccc(Cl)c2Cl)c1C. The van der Waals surface area contributed by atoms with Crippen LogP contribution in [0.25, 0.3) is 0 Å². The van der Waals surface area contributed by atoms with Crippen molar-refractivity contribution < 1.29 is 0 Å². The van der Waals surface area contributed by atoms with Crippen molar-refractivity contribution in [3.63, 3.8) is 0 Å². The lowest BCUT2D eigenvalue weighted by Crippen LogP contribution is -2.07. The molecule has 0 bridgehead atoms. The maximum Gasteiger partial charge on any atom is 0.138 e. The van der Waals surface area contributed by atoms with Crippen LogP contribution in [0.2, 0.25) is 10.0 Å². The molecule has 0 aliphatic carbocycles. The van der Waals surface area contributed by atoms with Gasteiger partial charge in [-0.1, -0.05) is 36.2 Å². The smallest absolute Gasteiger partial charge is 0.138 e. The number of hydrogen-bond acceptors (Lipinski definition) is 4. The van der Waals surface area contributed by atoms with Gasteiger partial charge < -0.3 is 10.6 Å². The van der Waals surface area contributed by atoms with E-state index in [0.717, 1.165) is 30.0 Å². The second kappa shape index (κ2) is 6.77. The zero-order chi connectivity index (χ0) is 14.5. The average molecular weight is 311 g/mol. The molecule has 0 radical (unpaired) electrons. The second-order valence-corrected chi connectivity index (χ2v) is 5.13. The monoisotopic (exact) mass is 310 g/mol. The van der Waals surface area contributed by atoms with E-state index in [-0.39, 0.29) is 0 Å². The molecule has 0 aliphatic rings. The van der Waals surface area contributed by atoms with Gasteiger partial charge in [0.05, 0.1) is 15.7 Å². The maximum absolute atomic E-state index is 6.17. The molecule has 106 valence electrons. The van der Waals surface area contributed by atoms with Crippen molar-refractivity contribution in [1.29, 1.82) is 0 Å². The average Bonchev–Trinajstić information content (AvgIpc) is 2.44. The van der Waals surface area contributed by atoms with Gasteiger partial charge >= 0.3 is 0 Å². The summed E-state index contributed by atoms with van der Waals surface area (Å²) in [5, 5.41) is 7.44. The third-order valence-electron chi connectivity index (χ3n) is 2.83. The molecule has 1 aromatic heterocycles. The van der Waals surface area contributed by atoms with Gasteiger partial charge in [-0.2, -0.15) is 0 Å². The first-order valence-electron chi connectivity index (χ1n) is 6.40. The first-order valence-corrected chi connectivity index (χ1v) is 7.15. The molecule has 2 rings (SSSR count). The Labute approximate surface area is 128 Å². The van der Waals surface area contributed by atoms with Gasteiger partial charge in [0.1, 0.15) is 18.0 Å². The Morgan fingerprint density at radius 1 is 1.15 bits per heavy atom. The van der Waals surface area contributed by atoms with Gasteiger partial charge in [-0.05, 0) is 25.5 Å². The zero-order valence-electron chi connectivity index (χ0n) is 11.4. The van der Waals surface area contributed by atoms with Crippen LogP contribution < -0.4 is 10.6 Å². The number of halogens is 2. The third kappa shape index (κ3) is 3.32. The summed E-state index contributed by atoms with van der Waals surface area (Å²) < 4.78 is 0. The van der Waals surface area contributed by atoms with Crippen LogP contribution in [0.3, 0.4) is 0 Å². The van der Waals surface area contributed by atoms with Gasteiger partial charge in [-0.15, -0.1) is 0 Å². The van der Waals surface area contributed by atoms with Crippen LogP contribution in [0.4, 0.5) is 17.3 Å². The van der Waals surface area contributed by atoms with Crippen LogP contribution in [0.1, 0.15) is 18.9 Å². The molecule has 0 amide bonds. The number of rotatable bonds is 5. The minimum atomic E-state index is 0.482. The largest absolute Gasteiger partial charge is 0.370 e. The Bertz CT molecular complexity index is 602. The van der Waals surface area contributed by atoms with Gasteiger partial charge in [0, 0.05) is 12.1 Å². The van der Waals surface area contributed by atoms with E-state index in [9.17, 15) is 0 Å². The maximum atomic E-state index is 6.17. The van der Waals surface area contributed by atoms with Crippen molar-refractivity contribution >= 4 is 40.5 Å². The zero-order valence-corrected chi connectivity index (χ0v) is 12.9. The van der Waals surface area contributed by atoms with Crippen molar-refractivity contribution in [2.24, 2.45) is 0 Å². The summed E-state index contributed by atoms with van der Waals surface area (Å²) >= 11 is 12.2. The fourth-order valence-corrected chi connectivity index (χ4v) is 2.07. The molecule has 0 atom stereocenters. The highest BCUT2D eigenvalue weighted by molar-refractivity contribution is 6.43. The van der Waals surface area contributed by atoms with Gasteiger partial charge in [-0.3, -0.25) is 0 Å². The van der Waals surface area contributed by atoms with Crippen molar-refractivity contribution in [3.8, 4) is 0 Å². The molecular formula is C14H16Cl2N4. The molecule has 1 aromatic carbocycles. The van der Waals surface area contributed by atoms with E-state index in [4.69, 9.17) is 23.2 Å². The molecule has 0 saturated heterocycles. The molecule has 6 heteroatoms. The van der Waals surface area contributed by atoms with Crippen molar-refractivity contribution in [1.82, 2.24) is 9.97 Å². The first kappa shape index (κ1) is 14.9. The summed E-state index contributed by atoms with van der Waals surface area (Å²) in [5.41, 5.74) is 1.67. The lowest BCUT2D eigenvalue weighted by molar-refractivity contribution is 0.960. The van der Waals surface area contributed by atoms with Crippen LogP contribution in [0.5, 0.6) is 0 Å². The first-order chi connectivity index (χ1) is 9.63. The summed E-state index contributed by atoms with van der Waals surface area (Å²) in [6.07, 6.45) is 2.55. The summed E-state index contributed by atoms with van der Waals surface area (Å²) in [4.78, 5) is 8.49. The molecule has 0 fully saturated rings. The molecule has 0 aliphatic heterocycles. The standard InChI is InChI=1S/C14H16Cl2N4/c1-3-7-17-13-9(2)14(19-8-18-13)20-11-6-4-5-10(15)12(11)16/h4-6,8H,3,7H2,1-2H3,(H2,17,18,19,20). The molecule has 0 spiro atoms. The van der Waals surface area contributed by atoms with Crippen molar-refractivity contribution in [2.45, 2.75) is 20.3 Å². The van der Waals surface area contributed by atoms with E-state index in [1.807, 2.05) is 19.1 Å². The minimum Gasteiger partial charge on any atom is -0.370 e. The number of anilines is 3. The van der Waals surface area contributed by atoms with Gasteiger partial charge in [0.15, 0.2) is 0 Å². The highest BCUT2D eigenvalue weighted by atomic mass is 35.5. The quantitative estimate of drug-likeness (QED) is 0.843. The van der Waals surface area contributed by atoms with E-state index in [1.165, 1.54) is 6.33 Å². The highest BCUT2D eigenvalue weighted by Crippen LogP contribution is 2.32. The minimum absolute atomic E-state index is 0.482. The summed E-state index contributed by atoms with van der Waals surface area (Å²) in [6.45, 7) is 4.93. The number of aromatic nitrogens is 2. The fraction of sp³-hybridized carbons (Fsp3) is 0.286. The van der Waals surface area contributed by atoms with Crippen LogP contribution in [-0.2, 0) is 0 Å². The molecule has 2 N–H and O–H groups in total. The molecular weight excluding hydrogens is 295 g/mol. The van der Waals surface area contributed by atoms with Crippen molar-refractivity contribution in [2.75, 3.05) is 17.2 Å². The lowest BCUT2D eigenvalue weighted by Gasteiger charge is -2.13. The highest BCUT2D eigenvalue weighted by Gasteiger charge is 2.09. The Morgan fingerprint density at radius 2 is 1.90 bits per heavy atom. The van der Waals surface area contributed by atoms with Crippen LogP contribution in [-0.4, -0.2) is 16.5 Å². The Balaban J connectivity index is 2.27. The van der Waals surface area contributed by atoms with Crippen LogP contribution in [0, 0.1) is 6.92 Å². The Hall–Kier alpha value is -1.52. The van der Waals surface area contributed by atoms with E-state index in [1.54, 1.807) is 6.07 Å². The van der Waals surface area contributed by atoms with E-state index < -0.39 is 0 Å². The van der Waals surface area contributed by atoms with E-state index in [2.05, 4.69) is 27.5 Å². The third-order valence-corrected chi connectivity index (χ3v) is 3.65. The van der Waals surface area contributed by atoms with Gasteiger partial charge in [0.25, 0.3) is 0 Å². The molecule has 1 heterocycles. The number of nitrogens with zero attached hydrogens (tertiary/aromatic N) is 2.